The van der Waals surface area contributed by atoms with E-state index in [1.807, 2.05) is 12.1 Å². The first-order valence-electron chi connectivity index (χ1n) is 7.53. The van der Waals surface area contributed by atoms with E-state index in [2.05, 4.69) is 23.5 Å². The highest BCUT2D eigenvalue weighted by molar-refractivity contribution is 5.38. The Bertz CT molecular complexity index is 466. The highest BCUT2D eigenvalue weighted by atomic mass is 16.3. The third kappa shape index (κ3) is 3.01. The standard InChI is InChI=1S/C17H23NO/c19-15-10-9-14-7-4-8-17(16(14)11-15)18-12-13-5-2-1-3-6-13/h1-2,9-11,13,17-19H,3-8,12H2. The molecule has 102 valence electrons. The number of phenolic OH excluding ortho intramolecular Hbond substituents is 1. The van der Waals surface area contributed by atoms with E-state index >= 15 is 0 Å². The van der Waals surface area contributed by atoms with Crippen molar-refractivity contribution in [3.8, 4) is 5.75 Å². The quantitative estimate of drug-likeness (QED) is 0.809. The van der Waals surface area contributed by atoms with E-state index in [9.17, 15) is 5.11 Å². The minimum Gasteiger partial charge on any atom is -0.508 e. The zero-order valence-electron chi connectivity index (χ0n) is 11.4. The van der Waals surface area contributed by atoms with Gasteiger partial charge in [0.1, 0.15) is 5.75 Å². The van der Waals surface area contributed by atoms with Gasteiger partial charge in [-0.15, -0.1) is 0 Å². The van der Waals surface area contributed by atoms with E-state index in [0.717, 1.165) is 18.9 Å². The fourth-order valence-corrected chi connectivity index (χ4v) is 3.35. The molecular weight excluding hydrogens is 234 g/mol. The number of hydrogen-bond donors (Lipinski definition) is 2. The van der Waals surface area contributed by atoms with Crippen molar-refractivity contribution in [2.24, 2.45) is 5.92 Å². The van der Waals surface area contributed by atoms with Gasteiger partial charge in [0.05, 0.1) is 0 Å². The first-order chi connectivity index (χ1) is 9.33. The van der Waals surface area contributed by atoms with Crippen molar-refractivity contribution in [2.45, 2.75) is 44.6 Å². The molecule has 0 radical (unpaired) electrons. The Hall–Kier alpha value is -1.28. The van der Waals surface area contributed by atoms with Crippen LogP contribution < -0.4 is 5.32 Å². The second-order valence-electron chi connectivity index (χ2n) is 5.89. The Morgan fingerprint density at radius 2 is 2.16 bits per heavy atom. The molecule has 0 amide bonds. The second-order valence-corrected chi connectivity index (χ2v) is 5.89. The lowest BCUT2D eigenvalue weighted by molar-refractivity contribution is 0.380. The summed E-state index contributed by atoms with van der Waals surface area (Å²) < 4.78 is 0. The van der Waals surface area contributed by atoms with E-state index in [1.165, 1.54) is 43.2 Å². The van der Waals surface area contributed by atoms with Gasteiger partial charge in [0, 0.05) is 6.04 Å². The average Bonchev–Trinajstić information content (AvgIpc) is 2.46. The van der Waals surface area contributed by atoms with E-state index in [0.29, 0.717) is 11.8 Å². The molecule has 0 bridgehead atoms. The fourth-order valence-electron chi connectivity index (χ4n) is 3.35. The van der Waals surface area contributed by atoms with Crippen molar-refractivity contribution >= 4 is 0 Å². The number of benzene rings is 1. The predicted octanol–water partition coefficient (Wildman–Crippen LogP) is 3.72. The van der Waals surface area contributed by atoms with E-state index in [-0.39, 0.29) is 0 Å². The number of aromatic hydroxyl groups is 1. The summed E-state index contributed by atoms with van der Waals surface area (Å²) in [6.45, 7) is 1.10. The van der Waals surface area contributed by atoms with Gasteiger partial charge >= 0.3 is 0 Å². The van der Waals surface area contributed by atoms with Gasteiger partial charge in [-0.3, -0.25) is 0 Å². The molecule has 1 aromatic carbocycles. The van der Waals surface area contributed by atoms with Crippen LogP contribution >= 0.6 is 0 Å². The maximum Gasteiger partial charge on any atom is 0.115 e. The molecule has 0 aromatic heterocycles. The Morgan fingerprint density at radius 3 is 3.00 bits per heavy atom. The topological polar surface area (TPSA) is 32.3 Å². The SMILES string of the molecule is Oc1ccc2c(c1)C(NCC1CC=CCC1)CCC2. The number of phenols is 1. The summed E-state index contributed by atoms with van der Waals surface area (Å²) in [7, 11) is 0. The van der Waals surface area contributed by atoms with Gasteiger partial charge in [-0.25, -0.2) is 0 Å². The molecule has 0 saturated carbocycles. The number of aryl methyl sites for hydroxylation is 1. The summed E-state index contributed by atoms with van der Waals surface area (Å²) in [5, 5.41) is 13.4. The number of allylic oxidation sites excluding steroid dienone is 2. The van der Waals surface area contributed by atoms with Gasteiger partial charge in [0.15, 0.2) is 0 Å². The van der Waals surface area contributed by atoms with Gasteiger partial charge in [-0.1, -0.05) is 18.2 Å². The number of rotatable bonds is 3. The monoisotopic (exact) mass is 257 g/mol. The average molecular weight is 257 g/mol. The van der Waals surface area contributed by atoms with E-state index in [4.69, 9.17) is 0 Å². The maximum atomic E-state index is 9.69. The molecule has 2 aliphatic carbocycles. The first-order valence-corrected chi connectivity index (χ1v) is 7.53. The molecule has 0 spiro atoms. The molecule has 2 N–H and O–H groups in total. The van der Waals surface area contributed by atoms with Crippen molar-refractivity contribution in [1.29, 1.82) is 0 Å². The Kier molecular flexibility index (Phi) is 3.88. The normalized spacial score (nSPS) is 26.1. The molecule has 0 fully saturated rings. The Labute approximate surface area is 115 Å². The molecule has 0 saturated heterocycles. The highest BCUT2D eigenvalue weighted by Crippen LogP contribution is 2.32. The highest BCUT2D eigenvalue weighted by Gasteiger charge is 2.21. The predicted molar refractivity (Wildman–Crippen MR) is 78.3 cm³/mol. The van der Waals surface area contributed by atoms with Crippen molar-refractivity contribution in [3.05, 3.63) is 41.5 Å². The molecule has 19 heavy (non-hydrogen) atoms. The van der Waals surface area contributed by atoms with Gasteiger partial charge in [-0.2, -0.15) is 0 Å². The van der Waals surface area contributed by atoms with Gasteiger partial charge in [0.2, 0.25) is 0 Å². The molecular formula is C17H23NO. The van der Waals surface area contributed by atoms with Crippen molar-refractivity contribution in [3.63, 3.8) is 0 Å². The van der Waals surface area contributed by atoms with Crippen LogP contribution in [-0.2, 0) is 6.42 Å². The van der Waals surface area contributed by atoms with Crippen LogP contribution in [-0.4, -0.2) is 11.7 Å². The zero-order chi connectivity index (χ0) is 13.1. The molecule has 2 aliphatic rings. The van der Waals surface area contributed by atoms with Crippen molar-refractivity contribution < 1.29 is 5.11 Å². The molecule has 1 aromatic rings. The van der Waals surface area contributed by atoms with Crippen molar-refractivity contribution in [2.75, 3.05) is 6.54 Å². The summed E-state index contributed by atoms with van der Waals surface area (Å²) in [5.41, 5.74) is 2.72. The third-order valence-corrected chi connectivity index (χ3v) is 4.47. The third-order valence-electron chi connectivity index (χ3n) is 4.47. The van der Waals surface area contributed by atoms with Gasteiger partial charge < -0.3 is 10.4 Å². The molecule has 0 aliphatic heterocycles. The lowest BCUT2D eigenvalue weighted by Gasteiger charge is -2.29. The number of hydrogen-bond acceptors (Lipinski definition) is 2. The van der Waals surface area contributed by atoms with Gasteiger partial charge in [-0.05, 0) is 74.2 Å². The van der Waals surface area contributed by atoms with Crippen molar-refractivity contribution in [1.82, 2.24) is 5.32 Å². The molecule has 3 rings (SSSR count). The first kappa shape index (κ1) is 12.7. The van der Waals surface area contributed by atoms with Gasteiger partial charge in [0.25, 0.3) is 0 Å². The van der Waals surface area contributed by atoms with Crippen LogP contribution in [0.15, 0.2) is 30.4 Å². The fraction of sp³-hybridized carbons (Fsp3) is 0.529. The zero-order valence-corrected chi connectivity index (χ0v) is 11.4. The minimum atomic E-state index is 0.396. The summed E-state index contributed by atoms with van der Waals surface area (Å²) >= 11 is 0. The Balaban J connectivity index is 1.66. The Morgan fingerprint density at radius 1 is 1.21 bits per heavy atom. The lowest BCUT2D eigenvalue weighted by atomic mass is 9.86. The number of fused-ring (bicyclic) bond motifs is 1. The molecule has 2 atom stereocenters. The lowest BCUT2D eigenvalue weighted by Crippen LogP contribution is -2.30. The van der Waals surface area contributed by atoms with Crippen LogP contribution in [0, 0.1) is 5.92 Å². The largest absolute Gasteiger partial charge is 0.508 e. The summed E-state index contributed by atoms with van der Waals surface area (Å²) in [5.74, 6) is 1.18. The van der Waals surface area contributed by atoms with Crippen LogP contribution in [0.3, 0.4) is 0 Å². The molecule has 0 heterocycles. The molecule has 2 heteroatoms. The smallest absolute Gasteiger partial charge is 0.115 e. The molecule has 2 unspecified atom stereocenters. The van der Waals surface area contributed by atoms with E-state index in [1.54, 1.807) is 0 Å². The second kappa shape index (κ2) is 5.79. The van der Waals surface area contributed by atoms with E-state index < -0.39 is 0 Å². The molecule has 2 nitrogen and oxygen atoms in total. The summed E-state index contributed by atoms with van der Waals surface area (Å²) in [6, 6.07) is 6.28. The van der Waals surface area contributed by atoms with Crippen LogP contribution in [0.25, 0.3) is 0 Å². The van der Waals surface area contributed by atoms with Crippen LogP contribution in [0.4, 0.5) is 0 Å². The summed E-state index contributed by atoms with van der Waals surface area (Å²) in [6.07, 6.45) is 12.0. The minimum absolute atomic E-state index is 0.396. The summed E-state index contributed by atoms with van der Waals surface area (Å²) in [4.78, 5) is 0. The van der Waals surface area contributed by atoms with Crippen LogP contribution in [0.2, 0.25) is 0 Å². The van der Waals surface area contributed by atoms with Crippen LogP contribution in [0.1, 0.15) is 49.3 Å². The van der Waals surface area contributed by atoms with Crippen LogP contribution in [0.5, 0.6) is 5.75 Å². The number of nitrogens with one attached hydrogen (secondary N) is 1. The maximum absolute atomic E-state index is 9.69.